The van der Waals surface area contributed by atoms with E-state index in [1.54, 1.807) is 7.05 Å². The van der Waals surface area contributed by atoms with Gasteiger partial charge in [-0.25, -0.2) is 8.42 Å². The van der Waals surface area contributed by atoms with Gasteiger partial charge in [0.25, 0.3) is 0 Å². The van der Waals surface area contributed by atoms with E-state index in [9.17, 15) is 8.42 Å². The van der Waals surface area contributed by atoms with Crippen molar-refractivity contribution in [2.75, 3.05) is 31.7 Å². The van der Waals surface area contributed by atoms with E-state index in [-0.39, 0.29) is 23.0 Å². The lowest BCUT2D eigenvalue weighted by Crippen LogP contribution is -2.45. The molecule has 1 heterocycles. The van der Waals surface area contributed by atoms with Crippen molar-refractivity contribution in [3.05, 3.63) is 29.8 Å². The van der Waals surface area contributed by atoms with Crippen molar-refractivity contribution in [1.82, 2.24) is 10.6 Å². The van der Waals surface area contributed by atoms with Gasteiger partial charge in [-0.3, -0.25) is 4.99 Å². The summed E-state index contributed by atoms with van der Waals surface area (Å²) in [5.41, 5.74) is 1.32. The smallest absolute Gasteiger partial charge is 0.191 e. The maximum Gasteiger partial charge on any atom is 0.191 e. The average Bonchev–Trinajstić information content (AvgIpc) is 2.88. The number of nitrogens with one attached hydrogen (secondary N) is 2. The first-order valence-corrected chi connectivity index (χ1v) is 10.4. The Bertz CT molecular complexity index is 709. The van der Waals surface area contributed by atoms with Crippen molar-refractivity contribution < 1.29 is 13.2 Å². The first-order valence-electron chi connectivity index (χ1n) is 8.60. The molecule has 1 atom stereocenters. The van der Waals surface area contributed by atoms with E-state index in [1.165, 1.54) is 5.56 Å². The van der Waals surface area contributed by atoms with Crippen molar-refractivity contribution in [1.29, 1.82) is 0 Å². The third kappa shape index (κ3) is 6.23. The summed E-state index contributed by atoms with van der Waals surface area (Å²) in [6.45, 7) is 7.60. The molecule has 1 aromatic carbocycles. The zero-order valence-electron chi connectivity index (χ0n) is 15.5. The second-order valence-corrected chi connectivity index (χ2v) is 9.60. The molecule has 1 aliphatic heterocycles. The molecule has 2 rings (SSSR count). The van der Waals surface area contributed by atoms with E-state index in [0.717, 1.165) is 5.75 Å². The zero-order valence-corrected chi connectivity index (χ0v) is 16.3. The van der Waals surface area contributed by atoms with Gasteiger partial charge >= 0.3 is 0 Å². The van der Waals surface area contributed by atoms with Crippen LogP contribution in [0, 0.1) is 0 Å². The van der Waals surface area contributed by atoms with Crippen LogP contribution in [-0.2, 0) is 15.3 Å². The summed E-state index contributed by atoms with van der Waals surface area (Å²) in [6.07, 6.45) is 0.624. The Kier molecular flexibility index (Phi) is 6.32. The highest BCUT2D eigenvalue weighted by Crippen LogP contribution is 2.25. The highest BCUT2D eigenvalue weighted by atomic mass is 32.2. The zero-order chi connectivity index (χ0) is 18.5. The molecule has 1 aromatic rings. The van der Waals surface area contributed by atoms with Gasteiger partial charge in [0.05, 0.1) is 18.1 Å². The van der Waals surface area contributed by atoms with Crippen molar-refractivity contribution in [3.8, 4) is 5.75 Å². The molecule has 1 aliphatic rings. The predicted octanol–water partition coefficient (Wildman–Crippen LogP) is 1.72. The van der Waals surface area contributed by atoms with E-state index in [4.69, 9.17) is 4.74 Å². The van der Waals surface area contributed by atoms with E-state index in [2.05, 4.69) is 48.5 Å². The van der Waals surface area contributed by atoms with Crippen molar-refractivity contribution >= 4 is 15.8 Å². The summed E-state index contributed by atoms with van der Waals surface area (Å²) in [6, 6.07) is 8.06. The molecule has 2 N–H and O–H groups in total. The SMILES string of the molecule is CN=C(NCCOc1cccc(C(C)(C)C)c1)NC1CCS(=O)(=O)C1. The van der Waals surface area contributed by atoms with Crippen LogP contribution in [0.2, 0.25) is 0 Å². The average molecular weight is 368 g/mol. The summed E-state index contributed by atoms with van der Waals surface area (Å²) in [5.74, 6) is 1.87. The number of guanidine groups is 1. The normalized spacial score (nSPS) is 20.3. The Balaban J connectivity index is 1.76. The molecule has 1 saturated heterocycles. The van der Waals surface area contributed by atoms with Gasteiger partial charge in [-0.1, -0.05) is 32.9 Å². The molecule has 1 unspecified atom stereocenters. The second-order valence-electron chi connectivity index (χ2n) is 7.37. The monoisotopic (exact) mass is 367 g/mol. The van der Waals surface area contributed by atoms with Crippen LogP contribution in [0.4, 0.5) is 0 Å². The lowest BCUT2D eigenvalue weighted by Gasteiger charge is -2.20. The van der Waals surface area contributed by atoms with Gasteiger partial charge in [0.2, 0.25) is 0 Å². The third-order valence-electron chi connectivity index (χ3n) is 4.16. The Morgan fingerprint density at radius 3 is 2.72 bits per heavy atom. The molecular weight excluding hydrogens is 338 g/mol. The maximum atomic E-state index is 11.5. The highest BCUT2D eigenvalue weighted by molar-refractivity contribution is 7.91. The van der Waals surface area contributed by atoms with Gasteiger partial charge in [0.15, 0.2) is 15.8 Å². The molecule has 0 bridgehead atoms. The summed E-state index contributed by atoms with van der Waals surface area (Å²) < 4.78 is 28.8. The largest absolute Gasteiger partial charge is 0.492 e. The molecular formula is C18H29N3O3S. The topological polar surface area (TPSA) is 79.8 Å². The van der Waals surface area contributed by atoms with Crippen molar-refractivity contribution in [2.45, 2.75) is 38.6 Å². The number of benzene rings is 1. The fraction of sp³-hybridized carbons (Fsp3) is 0.611. The lowest BCUT2D eigenvalue weighted by atomic mass is 9.87. The molecule has 0 radical (unpaired) electrons. The number of nitrogens with zero attached hydrogens (tertiary/aromatic N) is 1. The van der Waals surface area contributed by atoms with Gasteiger partial charge in [0, 0.05) is 13.1 Å². The van der Waals surface area contributed by atoms with Crippen LogP contribution < -0.4 is 15.4 Å². The minimum absolute atomic E-state index is 0.0689. The van der Waals surface area contributed by atoms with Crippen LogP contribution in [0.25, 0.3) is 0 Å². The van der Waals surface area contributed by atoms with Gasteiger partial charge in [-0.05, 0) is 29.5 Å². The minimum atomic E-state index is -2.90. The standard InChI is InChI=1S/C18H29N3O3S/c1-18(2,3)14-6-5-7-16(12-14)24-10-9-20-17(19-4)21-15-8-11-25(22,23)13-15/h5-7,12,15H,8-11,13H2,1-4H3,(H2,19,20,21). The first kappa shape index (κ1) is 19.6. The van der Waals surface area contributed by atoms with Crippen LogP contribution >= 0.6 is 0 Å². The Hall–Kier alpha value is -1.76. The van der Waals surface area contributed by atoms with Crippen LogP contribution in [0.5, 0.6) is 5.75 Å². The summed E-state index contributed by atoms with van der Waals surface area (Å²) in [5, 5.41) is 6.31. The Morgan fingerprint density at radius 1 is 1.36 bits per heavy atom. The lowest BCUT2D eigenvalue weighted by molar-refractivity contribution is 0.321. The number of hydrogen-bond donors (Lipinski definition) is 2. The summed E-state index contributed by atoms with van der Waals surface area (Å²) in [7, 11) is -1.22. The second kappa shape index (κ2) is 8.08. The number of rotatable bonds is 5. The van der Waals surface area contributed by atoms with Crippen LogP contribution in [0.3, 0.4) is 0 Å². The van der Waals surface area contributed by atoms with Crippen molar-refractivity contribution in [3.63, 3.8) is 0 Å². The number of ether oxygens (including phenoxy) is 1. The van der Waals surface area contributed by atoms with E-state index >= 15 is 0 Å². The van der Waals surface area contributed by atoms with Crippen LogP contribution in [0.15, 0.2) is 29.3 Å². The highest BCUT2D eigenvalue weighted by Gasteiger charge is 2.28. The molecule has 0 aliphatic carbocycles. The van der Waals surface area contributed by atoms with E-state index in [1.807, 2.05) is 12.1 Å². The molecule has 0 saturated carbocycles. The first-order chi connectivity index (χ1) is 11.7. The fourth-order valence-electron chi connectivity index (χ4n) is 2.69. The van der Waals surface area contributed by atoms with Gasteiger partial charge in [-0.2, -0.15) is 0 Å². The number of hydrogen-bond acceptors (Lipinski definition) is 4. The van der Waals surface area contributed by atoms with Crippen LogP contribution in [-0.4, -0.2) is 52.1 Å². The van der Waals surface area contributed by atoms with Crippen LogP contribution in [0.1, 0.15) is 32.8 Å². The Morgan fingerprint density at radius 2 is 2.12 bits per heavy atom. The molecule has 6 nitrogen and oxygen atoms in total. The Labute approximate surface area is 151 Å². The van der Waals surface area contributed by atoms with E-state index in [0.29, 0.717) is 25.5 Å². The molecule has 0 spiro atoms. The predicted molar refractivity (Wildman–Crippen MR) is 102 cm³/mol. The maximum absolute atomic E-state index is 11.5. The van der Waals surface area contributed by atoms with Gasteiger partial charge in [0.1, 0.15) is 12.4 Å². The summed E-state index contributed by atoms with van der Waals surface area (Å²) in [4.78, 5) is 4.13. The quantitative estimate of drug-likeness (QED) is 0.471. The molecule has 0 aromatic heterocycles. The fourth-order valence-corrected chi connectivity index (χ4v) is 4.36. The molecule has 25 heavy (non-hydrogen) atoms. The number of sulfone groups is 1. The van der Waals surface area contributed by atoms with Gasteiger partial charge in [-0.15, -0.1) is 0 Å². The minimum Gasteiger partial charge on any atom is -0.492 e. The molecule has 7 heteroatoms. The van der Waals surface area contributed by atoms with Crippen molar-refractivity contribution in [2.24, 2.45) is 4.99 Å². The van der Waals surface area contributed by atoms with Gasteiger partial charge < -0.3 is 15.4 Å². The molecule has 0 amide bonds. The molecule has 1 fully saturated rings. The molecule has 140 valence electrons. The van der Waals surface area contributed by atoms with E-state index < -0.39 is 9.84 Å². The number of aliphatic imine (C=N–C) groups is 1. The third-order valence-corrected chi connectivity index (χ3v) is 5.93. The summed E-state index contributed by atoms with van der Waals surface area (Å²) >= 11 is 0.